The van der Waals surface area contributed by atoms with Gasteiger partial charge in [0.2, 0.25) is 0 Å². The smallest absolute Gasteiger partial charge is 0.137 e. The molecular formula is C50H33NOS. The molecule has 2 nitrogen and oxygen atoms in total. The Morgan fingerprint density at radius 2 is 1.04 bits per heavy atom. The maximum atomic E-state index is 6.38. The molecule has 0 N–H and O–H groups in total. The predicted octanol–water partition coefficient (Wildman–Crippen LogP) is 14.4. The van der Waals surface area contributed by atoms with Crippen molar-refractivity contribution in [2.75, 3.05) is 4.90 Å². The third-order valence-corrected chi connectivity index (χ3v) is 12.5. The van der Waals surface area contributed by atoms with Gasteiger partial charge in [0, 0.05) is 59.5 Å². The minimum atomic E-state index is -0.229. The Kier molecular flexibility index (Phi) is 6.58. The Balaban J connectivity index is 1.05. The van der Waals surface area contributed by atoms with E-state index in [2.05, 4.69) is 182 Å². The first-order valence-electron chi connectivity index (χ1n) is 18.2. The first-order valence-corrected chi connectivity index (χ1v) is 19.0. The van der Waals surface area contributed by atoms with Crippen LogP contribution in [-0.4, -0.2) is 0 Å². The number of hydrogen-bond donors (Lipinski definition) is 0. The van der Waals surface area contributed by atoms with E-state index in [1.807, 2.05) is 23.5 Å². The van der Waals surface area contributed by atoms with Gasteiger partial charge in [-0.2, -0.15) is 0 Å². The summed E-state index contributed by atoms with van der Waals surface area (Å²) in [5.41, 5.74) is 14.0. The number of furan rings is 1. The summed E-state index contributed by atoms with van der Waals surface area (Å²) in [6.07, 6.45) is 0. The van der Waals surface area contributed by atoms with Crippen LogP contribution in [0.2, 0.25) is 0 Å². The lowest BCUT2D eigenvalue weighted by Gasteiger charge is -2.28. The van der Waals surface area contributed by atoms with E-state index in [-0.39, 0.29) is 5.41 Å². The second kappa shape index (κ2) is 11.5. The lowest BCUT2D eigenvalue weighted by molar-refractivity contribution is 0.669. The van der Waals surface area contributed by atoms with E-state index in [0.717, 1.165) is 39.0 Å². The Bertz CT molecular complexity index is 2980. The summed E-state index contributed by atoms with van der Waals surface area (Å²) in [6, 6.07) is 66.2. The molecule has 0 spiro atoms. The van der Waals surface area contributed by atoms with Gasteiger partial charge in [-0.1, -0.05) is 121 Å². The van der Waals surface area contributed by atoms with Gasteiger partial charge in [0.25, 0.3) is 0 Å². The first kappa shape index (κ1) is 30.2. The zero-order chi connectivity index (χ0) is 35.1. The minimum Gasteiger partial charge on any atom is -0.456 e. The molecule has 0 fully saturated rings. The van der Waals surface area contributed by atoms with Crippen molar-refractivity contribution < 1.29 is 4.42 Å². The minimum absolute atomic E-state index is 0.229. The molecule has 10 aromatic rings. The number of rotatable bonds is 5. The third kappa shape index (κ3) is 4.57. The zero-order valence-corrected chi connectivity index (χ0v) is 29.9. The fourth-order valence-electron chi connectivity index (χ4n) is 8.71. The largest absolute Gasteiger partial charge is 0.456 e. The van der Waals surface area contributed by atoms with Gasteiger partial charge in [-0.25, -0.2) is 0 Å². The van der Waals surface area contributed by atoms with E-state index in [1.165, 1.54) is 59.1 Å². The van der Waals surface area contributed by atoms with Crippen LogP contribution in [0.15, 0.2) is 186 Å². The van der Waals surface area contributed by atoms with Crippen molar-refractivity contribution in [3.05, 3.63) is 199 Å². The van der Waals surface area contributed by atoms with Gasteiger partial charge in [-0.3, -0.25) is 0 Å². The number of anilines is 3. The van der Waals surface area contributed by atoms with Crippen LogP contribution < -0.4 is 4.90 Å². The monoisotopic (exact) mass is 695 g/mol. The summed E-state index contributed by atoms with van der Waals surface area (Å²) in [4.78, 5) is 2.35. The molecule has 0 radical (unpaired) electrons. The van der Waals surface area contributed by atoms with Crippen LogP contribution in [0.25, 0.3) is 64.4 Å². The molecule has 250 valence electrons. The van der Waals surface area contributed by atoms with Crippen molar-refractivity contribution in [1.82, 2.24) is 0 Å². The molecule has 0 bridgehead atoms. The Morgan fingerprint density at radius 1 is 0.434 bits per heavy atom. The van der Waals surface area contributed by atoms with Crippen molar-refractivity contribution in [2.45, 2.75) is 12.3 Å². The average molecular weight is 696 g/mol. The molecule has 0 amide bonds. The van der Waals surface area contributed by atoms with Crippen LogP contribution in [0.4, 0.5) is 17.1 Å². The molecule has 0 saturated heterocycles. The molecule has 0 atom stereocenters. The summed E-state index contributed by atoms with van der Waals surface area (Å²) in [5, 5.41) is 4.85. The molecule has 3 heteroatoms. The highest BCUT2D eigenvalue weighted by Gasteiger charge is 2.40. The van der Waals surface area contributed by atoms with Crippen LogP contribution in [0.3, 0.4) is 0 Å². The van der Waals surface area contributed by atoms with Crippen LogP contribution in [0.1, 0.15) is 23.6 Å². The second-order valence-electron chi connectivity index (χ2n) is 14.2. The molecule has 53 heavy (non-hydrogen) atoms. The van der Waals surface area contributed by atoms with Crippen LogP contribution in [0, 0.1) is 0 Å². The normalized spacial score (nSPS) is 13.2. The van der Waals surface area contributed by atoms with E-state index < -0.39 is 0 Å². The van der Waals surface area contributed by atoms with Crippen LogP contribution in [-0.2, 0) is 5.41 Å². The Labute approximate surface area is 311 Å². The Hall–Kier alpha value is -6.42. The third-order valence-electron chi connectivity index (χ3n) is 11.4. The van der Waals surface area contributed by atoms with Gasteiger partial charge < -0.3 is 9.32 Å². The fourth-order valence-corrected chi connectivity index (χ4v) is 9.83. The van der Waals surface area contributed by atoms with Crippen LogP contribution >= 0.6 is 11.3 Å². The molecule has 2 heterocycles. The summed E-state index contributed by atoms with van der Waals surface area (Å²) >= 11 is 1.87. The number of thiophene rings is 1. The maximum absolute atomic E-state index is 6.38. The van der Waals surface area contributed by atoms with Gasteiger partial charge in [0.05, 0.1) is 0 Å². The highest BCUT2D eigenvalue weighted by Crippen LogP contribution is 2.53. The van der Waals surface area contributed by atoms with E-state index in [9.17, 15) is 0 Å². The van der Waals surface area contributed by atoms with E-state index in [0.29, 0.717) is 0 Å². The number of nitrogens with zero attached hydrogens (tertiary/aromatic N) is 1. The van der Waals surface area contributed by atoms with Crippen molar-refractivity contribution in [2.24, 2.45) is 0 Å². The molecule has 2 aromatic heterocycles. The van der Waals surface area contributed by atoms with Crippen molar-refractivity contribution >= 4 is 70.5 Å². The van der Waals surface area contributed by atoms with Gasteiger partial charge in [-0.15, -0.1) is 11.3 Å². The summed E-state index contributed by atoms with van der Waals surface area (Å²) in [6.45, 7) is 2.39. The number of hydrogen-bond acceptors (Lipinski definition) is 3. The second-order valence-corrected chi connectivity index (χ2v) is 15.3. The molecule has 0 unspecified atom stereocenters. The number of para-hydroxylation sites is 1. The molecular weight excluding hydrogens is 663 g/mol. The predicted molar refractivity (Wildman–Crippen MR) is 224 cm³/mol. The first-order chi connectivity index (χ1) is 26.1. The summed E-state index contributed by atoms with van der Waals surface area (Å²) in [5.74, 6) is 0. The summed E-state index contributed by atoms with van der Waals surface area (Å²) in [7, 11) is 0. The van der Waals surface area contributed by atoms with E-state index in [1.54, 1.807) is 0 Å². The van der Waals surface area contributed by atoms with E-state index >= 15 is 0 Å². The molecule has 11 rings (SSSR count). The van der Waals surface area contributed by atoms with Crippen molar-refractivity contribution in [1.29, 1.82) is 0 Å². The molecule has 1 aliphatic carbocycles. The van der Waals surface area contributed by atoms with Gasteiger partial charge in [-0.05, 0) is 100 Å². The number of fused-ring (bicyclic) bond motifs is 9. The SMILES string of the molecule is CC1(c2ccc3sc4cc(N(c5ccc(-c6ccccc6)cc5)c5ccc6c(c5)oc5ccccc56)ccc4c3c2)c2ccccc2-c2ccccc21. The molecule has 1 aliphatic rings. The van der Waals surface area contributed by atoms with Crippen molar-refractivity contribution in [3.8, 4) is 22.3 Å². The number of benzene rings is 8. The van der Waals surface area contributed by atoms with Gasteiger partial charge >= 0.3 is 0 Å². The Morgan fingerprint density at radius 3 is 1.81 bits per heavy atom. The highest BCUT2D eigenvalue weighted by atomic mass is 32.1. The topological polar surface area (TPSA) is 16.4 Å². The molecule has 8 aromatic carbocycles. The quantitative estimate of drug-likeness (QED) is 0.178. The van der Waals surface area contributed by atoms with Crippen molar-refractivity contribution in [3.63, 3.8) is 0 Å². The van der Waals surface area contributed by atoms with Gasteiger partial charge in [0.15, 0.2) is 0 Å². The van der Waals surface area contributed by atoms with Crippen LogP contribution in [0.5, 0.6) is 0 Å². The lowest BCUT2D eigenvalue weighted by atomic mass is 9.74. The lowest BCUT2D eigenvalue weighted by Crippen LogP contribution is -2.22. The zero-order valence-electron chi connectivity index (χ0n) is 29.1. The molecule has 0 saturated carbocycles. The highest BCUT2D eigenvalue weighted by molar-refractivity contribution is 7.25. The van der Waals surface area contributed by atoms with Gasteiger partial charge in [0.1, 0.15) is 11.2 Å². The maximum Gasteiger partial charge on any atom is 0.137 e. The summed E-state index contributed by atoms with van der Waals surface area (Å²) < 4.78 is 8.95. The average Bonchev–Trinajstić information content (AvgIpc) is 3.86. The molecule has 0 aliphatic heterocycles. The standard InChI is InChI=1S/C50H33NOS/c1-50(44-16-8-5-13-38(44)39-14-6-9-17-45(39)50)34-21-28-48-43(29-34)42-27-25-37(31-49(42)53-48)51(35-22-19-33(20-23-35)32-11-3-2-4-12-32)36-24-26-41-40-15-7-10-18-46(40)52-47(41)30-36/h2-31H,1H3. The fraction of sp³-hybridized carbons (Fsp3) is 0.0400. The van der Waals surface area contributed by atoms with E-state index in [4.69, 9.17) is 4.42 Å².